The second-order valence-electron chi connectivity index (χ2n) is 5.54. The highest BCUT2D eigenvalue weighted by Crippen LogP contribution is 2.09. The first-order chi connectivity index (χ1) is 8.00. The molecule has 1 fully saturated rings. The summed E-state index contributed by atoms with van der Waals surface area (Å²) in [6.45, 7) is 9.27. The largest absolute Gasteiger partial charge is 0.351 e. The predicted molar refractivity (Wildman–Crippen MR) is 85.2 cm³/mol. The smallest absolute Gasteiger partial charge is 0.237 e. The molecule has 4 nitrogen and oxygen atoms in total. The Balaban J connectivity index is 0. The van der Waals surface area contributed by atoms with E-state index in [-0.39, 0.29) is 48.7 Å². The molecule has 1 rings (SSSR count). The summed E-state index contributed by atoms with van der Waals surface area (Å²) in [6.07, 6.45) is 3.91. The van der Waals surface area contributed by atoms with Crippen LogP contribution < -0.4 is 11.1 Å². The molecule has 0 radical (unpaired) electrons. The molecule has 6 heteroatoms. The number of halogens is 2. The van der Waals surface area contributed by atoms with Crippen LogP contribution in [0.15, 0.2) is 0 Å². The standard InChI is InChI=1S/C13H27N3O.2ClH/c1-10(2)12(14)13(17)15-11(3)9-16-7-5-4-6-8-16;;/h10-12H,4-9,14H2,1-3H3,(H,15,17);2*1H/t11?,12-;;/m1../s1. The normalized spacial score (nSPS) is 19.0. The Morgan fingerprint density at radius 2 is 1.68 bits per heavy atom. The SMILES string of the molecule is CC(CN1CCCCC1)NC(=O)[C@H](N)C(C)C.Cl.Cl. The summed E-state index contributed by atoms with van der Waals surface area (Å²) in [6, 6.07) is -0.204. The molecule has 116 valence electrons. The highest BCUT2D eigenvalue weighted by molar-refractivity contribution is 5.85. The van der Waals surface area contributed by atoms with Crippen molar-refractivity contribution in [3.05, 3.63) is 0 Å². The van der Waals surface area contributed by atoms with Gasteiger partial charge in [-0.1, -0.05) is 20.3 Å². The van der Waals surface area contributed by atoms with Crippen LogP contribution in [-0.4, -0.2) is 42.5 Å². The molecule has 0 aromatic carbocycles. The number of nitrogens with one attached hydrogen (secondary N) is 1. The Labute approximate surface area is 129 Å². The lowest BCUT2D eigenvalue weighted by Gasteiger charge is -2.30. The monoisotopic (exact) mass is 313 g/mol. The molecule has 3 N–H and O–H groups in total. The van der Waals surface area contributed by atoms with Gasteiger partial charge in [-0.25, -0.2) is 0 Å². The van der Waals surface area contributed by atoms with E-state index in [0.717, 1.165) is 19.6 Å². The van der Waals surface area contributed by atoms with Crippen molar-refractivity contribution in [1.82, 2.24) is 10.2 Å². The third-order valence-corrected chi connectivity index (χ3v) is 3.39. The number of carbonyl (C=O) groups excluding carboxylic acids is 1. The number of rotatable bonds is 5. The number of nitrogens with two attached hydrogens (primary N) is 1. The van der Waals surface area contributed by atoms with Crippen molar-refractivity contribution in [1.29, 1.82) is 0 Å². The summed E-state index contributed by atoms with van der Waals surface area (Å²) in [5, 5.41) is 3.00. The van der Waals surface area contributed by atoms with Gasteiger partial charge in [0.25, 0.3) is 0 Å². The molecule has 1 aliphatic heterocycles. The minimum absolute atomic E-state index is 0. The number of carbonyl (C=O) groups is 1. The average Bonchev–Trinajstić information content (AvgIpc) is 2.28. The lowest BCUT2D eigenvalue weighted by Crippen LogP contribution is -2.50. The maximum absolute atomic E-state index is 11.8. The topological polar surface area (TPSA) is 58.4 Å². The minimum Gasteiger partial charge on any atom is -0.351 e. The van der Waals surface area contributed by atoms with Crippen molar-refractivity contribution in [2.75, 3.05) is 19.6 Å². The van der Waals surface area contributed by atoms with E-state index >= 15 is 0 Å². The van der Waals surface area contributed by atoms with E-state index in [4.69, 9.17) is 5.73 Å². The highest BCUT2D eigenvalue weighted by atomic mass is 35.5. The molecule has 1 unspecified atom stereocenters. The quantitative estimate of drug-likeness (QED) is 0.813. The summed E-state index contributed by atoms with van der Waals surface area (Å²) >= 11 is 0. The number of piperidine rings is 1. The van der Waals surface area contributed by atoms with Crippen LogP contribution in [-0.2, 0) is 4.79 Å². The van der Waals surface area contributed by atoms with Gasteiger partial charge in [-0.15, -0.1) is 24.8 Å². The Hall–Kier alpha value is -0.0300. The molecule has 19 heavy (non-hydrogen) atoms. The van der Waals surface area contributed by atoms with Gasteiger partial charge in [0, 0.05) is 12.6 Å². The third kappa shape index (κ3) is 7.98. The molecule has 0 saturated carbocycles. The first-order valence-corrected chi connectivity index (χ1v) is 6.79. The van der Waals surface area contributed by atoms with E-state index in [1.54, 1.807) is 0 Å². The molecule has 1 saturated heterocycles. The van der Waals surface area contributed by atoms with Gasteiger partial charge in [-0.3, -0.25) is 4.79 Å². The highest BCUT2D eigenvalue weighted by Gasteiger charge is 2.20. The van der Waals surface area contributed by atoms with Crippen LogP contribution in [0, 0.1) is 5.92 Å². The zero-order valence-electron chi connectivity index (χ0n) is 12.2. The molecule has 1 heterocycles. The van der Waals surface area contributed by atoms with Crippen molar-refractivity contribution < 1.29 is 4.79 Å². The Kier molecular flexibility index (Phi) is 12.0. The first-order valence-electron chi connectivity index (χ1n) is 6.79. The van der Waals surface area contributed by atoms with Crippen LogP contribution in [0.5, 0.6) is 0 Å². The zero-order chi connectivity index (χ0) is 12.8. The van der Waals surface area contributed by atoms with Crippen LogP contribution in [0.2, 0.25) is 0 Å². The van der Waals surface area contributed by atoms with Crippen molar-refractivity contribution >= 4 is 30.7 Å². The molecule has 0 aromatic rings. The number of amides is 1. The van der Waals surface area contributed by atoms with Gasteiger partial charge in [0.1, 0.15) is 0 Å². The van der Waals surface area contributed by atoms with Crippen molar-refractivity contribution in [3.8, 4) is 0 Å². The summed E-state index contributed by atoms with van der Waals surface area (Å²) < 4.78 is 0. The molecule has 2 atom stereocenters. The number of likely N-dealkylation sites (tertiary alicyclic amines) is 1. The molecule has 0 bridgehead atoms. The molecular formula is C13H29Cl2N3O. The van der Waals surface area contributed by atoms with E-state index in [0.29, 0.717) is 0 Å². The van der Waals surface area contributed by atoms with E-state index in [9.17, 15) is 4.79 Å². The van der Waals surface area contributed by atoms with E-state index in [1.807, 2.05) is 13.8 Å². The lowest BCUT2D eigenvalue weighted by molar-refractivity contribution is -0.124. The van der Waals surface area contributed by atoms with Crippen LogP contribution in [0.3, 0.4) is 0 Å². The average molecular weight is 314 g/mol. The fourth-order valence-corrected chi connectivity index (χ4v) is 2.22. The molecule has 0 spiro atoms. The Morgan fingerprint density at radius 3 is 2.16 bits per heavy atom. The summed E-state index contributed by atoms with van der Waals surface area (Å²) in [5.74, 6) is 0.168. The van der Waals surface area contributed by atoms with Gasteiger partial charge in [0.05, 0.1) is 6.04 Å². The fraction of sp³-hybridized carbons (Fsp3) is 0.923. The molecule has 0 aliphatic carbocycles. The lowest BCUT2D eigenvalue weighted by atomic mass is 10.0. The zero-order valence-corrected chi connectivity index (χ0v) is 13.9. The number of hydrogen-bond acceptors (Lipinski definition) is 3. The summed E-state index contributed by atoms with van der Waals surface area (Å²) in [5.41, 5.74) is 5.82. The summed E-state index contributed by atoms with van der Waals surface area (Å²) in [4.78, 5) is 14.2. The summed E-state index contributed by atoms with van der Waals surface area (Å²) in [7, 11) is 0. The van der Waals surface area contributed by atoms with Crippen molar-refractivity contribution in [3.63, 3.8) is 0 Å². The van der Waals surface area contributed by atoms with Crippen LogP contribution in [0.25, 0.3) is 0 Å². The maximum atomic E-state index is 11.8. The number of nitrogens with zero attached hydrogens (tertiary/aromatic N) is 1. The fourth-order valence-electron chi connectivity index (χ4n) is 2.22. The Bertz CT molecular complexity index is 246. The maximum Gasteiger partial charge on any atom is 0.237 e. The molecular weight excluding hydrogens is 285 g/mol. The molecule has 0 aromatic heterocycles. The number of hydrogen-bond donors (Lipinski definition) is 2. The van der Waals surface area contributed by atoms with Gasteiger partial charge in [-0.2, -0.15) is 0 Å². The second kappa shape index (κ2) is 10.7. The Morgan fingerprint density at radius 1 is 1.16 bits per heavy atom. The van der Waals surface area contributed by atoms with Gasteiger partial charge in [-0.05, 0) is 38.8 Å². The van der Waals surface area contributed by atoms with Crippen molar-refractivity contribution in [2.45, 2.75) is 52.1 Å². The van der Waals surface area contributed by atoms with Gasteiger partial charge < -0.3 is 16.0 Å². The third-order valence-electron chi connectivity index (χ3n) is 3.39. The van der Waals surface area contributed by atoms with E-state index in [2.05, 4.69) is 17.1 Å². The van der Waals surface area contributed by atoms with Crippen LogP contribution >= 0.6 is 24.8 Å². The van der Waals surface area contributed by atoms with Crippen molar-refractivity contribution in [2.24, 2.45) is 11.7 Å². The minimum atomic E-state index is -0.390. The molecule has 1 aliphatic rings. The molecule has 1 amide bonds. The van der Waals surface area contributed by atoms with E-state index < -0.39 is 0 Å². The van der Waals surface area contributed by atoms with Crippen LogP contribution in [0.1, 0.15) is 40.0 Å². The second-order valence-corrected chi connectivity index (χ2v) is 5.54. The van der Waals surface area contributed by atoms with Gasteiger partial charge in [0.15, 0.2) is 0 Å². The van der Waals surface area contributed by atoms with Crippen LogP contribution in [0.4, 0.5) is 0 Å². The predicted octanol–water partition coefficient (Wildman–Crippen LogP) is 1.80. The van der Waals surface area contributed by atoms with Gasteiger partial charge >= 0.3 is 0 Å². The first kappa shape index (κ1) is 21.3. The van der Waals surface area contributed by atoms with Gasteiger partial charge in [0.2, 0.25) is 5.91 Å². The van der Waals surface area contributed by atoms with E-state index in [1.165, 1.54) is 19.3 Å².